The molecule has 7 rings (SSSR count). The Bertz CT molecular complexity index is 2420. The first kappa shape index (κ1) is 32.6. The number of aromatic hydroxyl groups is 1. The number of ether oxygens (including phenoxy) is 3. The van der Waals surface area contributed by atoms with Crippen molar-refractivity contribution in [1.82, 2.24) is 23.5 Å². The van der Waals surface area contributed by atoms with E-state index < -0.39 is 28.9 Å². The molecule has 3 heterocycles. The standard InChI is InChI=1S/C36H35N5O9/c1-6-50-27-9-7-8-20(33(27)44)30-19-10-13-40-35(46)39(36(47)41(40)24(19)15-21-31(30)26(42)14-18(2)32(21)43)12-11-22-34(45)38(3)25-17-29(49-5)28(48-4)16-23(25)37-22/h7-10,14,16-17,24,30,44H,6,11-13,15H2,1-5H3. The Balaban J connectivity index is 1.30. The summed E-state index contributed by atoms with van der Waals surface area (Å²) in [6, 6.07) is 7.47. The smallest absolute Gasteiger partial charge is 0.347 e. The Kier molecular flexibility index (Phi) is 7.96. The molecule has 0 amide bonds. The Hall–Kier alpha value is -5.92. The van der Waals surface area contributed by atoms with E-state index in [4.69, 9.17) is 14.2 Å². The highest BCUT2D eigenvalue weighted by molar-refractivity contribution is 6.23. The first-order chi connectivity index (χ1) is 24.0. The molecule has 0 saturated carbocycles. The van der Waals surface area contributed by atoms with E-state index in [0.29, 0.717) is 40.3 Å². The van der Waals surface area contributed by atoms with Gasteiger partial charge in [-0.2, -0.15) is 0 Å². The molecule has 1 N–H and O–H groups in total. The number of aryl methyl sites for hydroxylation is 2. The highest BCUT2D eigenvalue weighted by Crippen LogP contribution is 2.52. The summed E-state index contributed by atoms with van der Waals surface area (Å²) in [5.74, 6) is -0.636. The van der Waals surface area contributed by atoms with Gasteiger partial charge in [0.25, 0.3) is 5.56 Å². The maximum absolute atomic E-state index is 14.1. The first-order valence-electron chi connectivity index (χ1n) is 16.2. The lowest BCUT2D eigenvalue weighted by atomic mass is 9.67. The number of phenolic OH excluding ortho intramolecular Hbond substituents is 1. The minimum atomic E-state index is -0.871. The number of phenols is 1. The van der Waals surface area contributed by atoms with E-state index >= 15 is 0 Å². The fourth-order valence-corrected chi connectivity index (χ4v) is 7.38. The van der Waals surface area contributed by atoms with Crippen molar-refractivity contribution in [1.29, 1.82) is 0 Å². The summed E-state index contributed by atoms with van der Waals surface area (Å²) in [6.07, 6.45) is 3.06. The summed E-state index contributed by atoms with van der Waals surface area (Å²) in [5.41, 5.74) is 1.23. The highest BCUT2D eigenvalue weighted by atomic mass is 16.5. The van der Waals surface area contributed by atoms with E-state index in [9.17, 15) is 29.1 Å². The minimum Gasteiger partial charge on any atom is -0.504 e. The zero-order valence-corrected chi connectivity index (χ0v) is 28.2. The molecule has 3 aliphatic rings. The topological polar surface area (TPSA) is 166 Å². The molecular weight excluding hydrogens is 646 g/mol. The molecule has 2 unspecified atom stereocenters. The number of carbonyl (C=O) groups excluding carboxylic acids is 2. The van der Waals surface area contributed by atoms with Crippen LogP contribution in [0.25, 0.3) is 11.0 Å². The van der Waals surface area contributed by atoms with Crippen molar-refractivity contribution in [2.24, 2.45) is 7.05 Å². The van der Waals surface area contributed by atoms with E-state index in [1.54, 1.807) is 57.3 Å². The number of aromatic nitrogens is 5. The molecule has 0 spiro atoms. The van der Waals surface area contributed by atoms with E-state index in [2.05, 4.69) is 4.98 Å². The molecule has 4 aromatic rings. The normalized spacial score (nSPS) is 18.3. The van der Waals surface area contributed by atoms with Crippen LogP contribution in [0.15, 0.2) is 79.2 Å². The van der Waals surface area contributed by atoms with Crippen molar-refractivity contribution in [3.8, 4) is 23.0 Å². The van der Waals surface area contributed by atoms with E-state index in [-0.39, 0.29) is 71.4 Å². The number of benzene rings is 2. The zero-order chi connectivity index (χ0) is 35.6. The van der Waals surface area contributed by atoms with Gasteiger partial charge in [-0.25, -0.2) is 28.5 Å². The van der Waals surface area contributed by atoms with Gasteiger partial charge < -0.3 is 23.9 Å². The second-order valence-corrected chi connectivity index (χ2v) is 12.4. The highest BCUT2D eigenvalue weighted by Gasteiger charge is 2.45. The Labute approximate surface area is 284 Å². The second kappa shape index (κ2) is 12.2. The lowest BCUT2D eigenvalue weighted by molar-refractivity contribution is -0.116. The fourth-order valence-electron chi connectivity index (χ4n) is 7.38. The largest absolute Gasteiger partial charge is 0.504 e. The van der Waals surface area contributed by atoms with Gasteiger partial charge in [-0.3, -0.25) is 14.4 Å². The Morgan fingerprint density at radius 3 is 2.46 bits per heavy atom. The van der Waals surface area contributed by atoms with Crippen LogP contribution in [0.1, 0.15) is 43.5 Å². The lowest BCUT2D eigenvalue weighted by Gasteiger charge is -2.39. The van der Waals surface area contributed by atoms with Crippen LogP contribution in [-0.2, 0) is 36.1 Å². The van der Waals surface area contributed by atoms with Crippen molar-refractivity contribution in [3.63, 3.8) is 0 Å². The summed E-state index contributed by atoms with van der Waals surface area (Å²) >= 11 is 0. The second-order valence-electron chi connectivity index (χ2n) is 12.4. The van der Waals surface area contributed by atoms with Crippen molar-refractivity contribution in [3.05, 3.63) is 107 Å². The number of methoxy groups -OCH3 is 2. The van der Waals surface area contributed by atoms with Crippen LogP contribution in [-0.4, -0.2) is 61.0 Å². The molecular formula is C36H35N5O9. The van der Waals surface area contributed by atoms with E-state index in [1.807, 2.05) is 0 Å². The predicted octanol–water partition coefficient (Wildman–Crippen LogP) is 2.49. The number of hydrogen-bond donors (Lipinski definition) is 1. The third-order valence-corrected chi connectivity index (χ3v) is 9.77. The fraction of sp³-hybridized carbons (Fsp3) is 0.333. The van der Waals surface area contributed by atoms with Crippen LogP contribution in [0.2, 0.25) is 0 Å². The number of nitrogens with zero attached hydrogens (tertiary/aromatic N) is 5. The molecule has 2 aromatic heterocycles. The summed E-state index contributed by atoms with van der Waals surface area (Å²) in [5, 5.41) is 11.3. The van der Waals surface area contributed by atoms with Crippen LogP contribution in [0.4, 0.5) is 0 Å². The molecule has 2 aromatic carbocycles. The Morgan fingerprint density at radius 1 is 1.00 bits per heavy atom. The number of ketones is 2. The van der Waals surface area contributed by atoms with Gasteiger partial charge in [-0.15, -0.1) is 0 Å². The number of fused-ring (bicyclic) bond motifs is 4. The maximum Gasteiger partial charge on any atom is 0.347 e. The van der Waals surface area contributed by atoms with Crippen molar-refractivity contribution in [2.45, 2.75) is 51.7 Å². The first-order valence-corrected chi connectivity index (χ1v) is 16.2. The number of rotatable bonds is 8. The molecule has 0 radical (unpaired) electrons. The van der Waals surface area contributed by atoms with Gasteiger partial charge in [-0.1, -0.05) is 18.2 Å². The van der Waals surface area contributed by atoms with Gasteiger partial charge >= 0.3 is 11.4 Å². The van der Waals surface area contributed by atoms with Gasteiger partial charge in [0.15, 0.2) is 34.6 Å². The molecule has 50 heavy (non-hydrogen) atoms. The minimum absolute atomic E-state index is 0.000755. The molecule has 14 heteroatoms. The molecule has 2 atom stereocenters. The third-order valence-electron chi connectivity index (χ3n) is 9.77. The summed E-state index contributed by atoms with van der Waals surface area (Å²) < 4.78 is 21.5. The number of carbonyl (C=O) groups is 2. The zero-order valence-electron chi connectivity index (χ0n) is 28.2. The van der Waals surface area contributed by atoms with Gasteiger partial charge in [-0.05, 0) is 31.6 Å². The lowest BCUT2D eigenvalue weighted by Crippen LogP contribution is -2.40. The Morgan fingerprint density at radius 2 is 1.74 bits per heavy atom. The quantitative estimate of drug-likeness (QED) is 0.216. The van der Waals surface area contributed by atoms with Crippen LogP contribution in [0, 0.1) is 0 Å². The number of hydrogen-bond acceptors (Lipinski definition) is 10. The number of allylic oxidation sites excluding steroid dienone is 6. The number of para-hydroxylation sites is 1. The molecule has 1 aliphatic heterocycles. The van der Waals surface area contributed by atoms with Crippen LogP contribution >= 0.6 is 0 Å². The summed E-state index contributed by atoms with van der Waals surface area (Å²) in [7, 11) is 4.59. The third kappa shape index (κ3) is 4.84. The average Bonchev–Trinajstić information content (AvgIpc) is 3.36. The predicted molar refractivity (Wildman–Crippen MR) is 181 cm³/mol. The summed E-state index contributed by atoms with van der Waals surface area (Å²) in [4.78, 5) is 72.9. The van der Waals surface area contributed by atoms with E-state index in [1.165, 1.54) is 34.2 Å². The molecule has 14 nitrogen and oxygen atoms in total. The van der Waals surface area contributed by atoms with Gasteiger partial charge in [0.2, 0.25) is 0 Å². The van der Waals surface area contributed by atoms with Crippen molar-refractivity contribution in [2.75, 3.05) is 20.8 Å². The molecule has 2 aliphatic carbocycles. The van der Waals surface area contributed by atoms with Gasteiger partial charge in [0.1, 0.15) is 5.69 Å². The van der Waals surface area contributed by atoms with Crippen LogP contribution in [0.3, 0.4) is 0 Å². The SMILES string of the molecule is CCOc1cccc(C2C3=CCn4c(=O)n(CCc5nc6cc(OC)c(OC)cc6n(C)c5=O)c(=O)n4C3CC3=C2C(=O)C=C(C)C3=O)c1O. The monoisotopic (exact) mass is 681 g/mol. The molecule has 0 bridgehead atoms. The van der Waals surface area contributed by atoms with Crippen LogP contribution < -0.4 is 31.1 Å². The average molecular weight is 682 g/mol. The molecule has 0 saturated heterocycles. The van der Waals surface area contributed by atoms with Crippen LogP contribution in [0.5, 0.6) is 23.0 Å². The molecule has 258 valence electrons. The van der Waals surface area contributed by atoms with Gasteiger partial charge in [0.05, 0.1) is 44.4 Å². The van der Waals surface area contributed by atoms with Gasteiger partial charge in [0, 0.05) is 66.8 Å². The molecule has 0 fully saturated rings. The summed E-state index contributed by atoms with van der Waals surface area (Å²) in [6.45, 7) is 3.50. The number of Topliss-reactive ketones (excluding diaryl/α,β-unsaturated/α-hetero) is 1. The van der Waals surface area contributed by atoms with Crippen molar-refractivity contribution < 1.29 is 28.9 Å². The van der Waals surface area contributed by atoms with E-state index in [0.717, 1.165) is 4.57 Å². The van der Waals surface area contributed by atoms with Crippen molar-refractivity contribution >= 4 is 22.6 Å². The maximum atomic E-state index is 14.1.